The summed E-state index contributed by atoms with van der Waals surface area (Å²) in [5.41, 5.74) is 8.66. The molecule has 3 N–H and O–H groups in total. The van der Waals surface area contributed by atoms with Gasteiger partial charge in [-0.05, 0) is 18.2 Å². The van der Waals surface area contributed by atoms with Gasteiger partial charge in [-0.2, -0.15) is 9.99 Å². The van der Waals surface area contributed by atoms with Crippen LogP contribution < -0.4 is 15.8 Å². The average Bonchev–Trinajstić information content (AvgIpc) is 2.82. The number of hydrogen-bond acceptors (Lipinski definition) is 9. The number of anilines is 2. The lowest BCUT2D eigenvalue weighted by atomic mass is 10.1. The molecule has 0 spiro atoms. The number of pyridine rings is 1. The number of nitrogen functional groups attached to an aromatic ring is 1. The van der Waals surface area contributed by atoms with Gasteiger partial charge in [-0.3, -0.25) is 9.59 Å². The first-order chi connectivity index (χ1) is 16.3. The van der Waals surface area contributed by atoms with Crippen molar-refractivity contribution in [3.05, 3.63) is 64.6 Å². The molecule has 174 valence electrons. The normalized spacial score (nSPS) is 10.4. The Balaban J connectivity index is 1.83. The summed E-state index contributed by atoms with van der Waals surface area (Å²) in [6.07, 6.45) is 0.363. The minimum atomic E-state index is -0.390. The molecule has 11 heteroatoms. The van der Waals surface area contributed by atoms with E-state index in [1.165, 1.54) is 25.8 Å². The van der Waals surface area contributed by atoms with E-state index in [1.54, 1.807) is 42.5 Å². The highest BCUT2D eigenvalue weighted by Crippen LogP contribution is 2.29. The fourth-order valence-corrected chi connectivity index (χ4v) is 3.92. The minimum Gasteiger partial charge on any atom is -0.618 e. The highest BCUT2D eigenvalue weighted by Gasteiger charge is 2.17. The standard InChI is InChI=1S/C23H22N6O4S/c1-14(30)26-16-8-6-15(7-9-16)21-19(12-24)22(25)28-23(27-21)34-13-18-5-3-4-17(29(18)32)10-11-20(31)33-2/h3-9H,10-11,13H2,1-2H3,(H,26,30)(H2,25,27,28). The summed E-state index contributed by atoms with van der Waals surface area (Å²) < 4.78 is 5.41. The molecule has 3 rings (SSSR count). The largest absolute Gasteiger partial charge is 0.618 e. The highest BCUT2D eigenvalue weighted by molar-refractivity contribution is 7.98. The number of hydrogen-bond donors (Lipinski definition) is 2. The topological polar surface area (TPSA) is 158 Å². The van der Waals surface area contributed by atoms with Crippen molar-refractivity contribution >= 4 is 35.1 Å². The van der Waals surface area contributed by atoms with E-state index < -0.39 is 0 Å². The zero-order chi connectivity index (χ0) is 24.7. The first-order valence-corrected chi connectivity index (χ1v) is 11.2. The number of ether oxygens (including phenoxy) is 1. The van der Waals surface area contributed by atoms with Crippen molar-refractivity contribution in [2.24, 2.45) is 0 Å². The monoisotopic (exact) mass is 478 g/mol. The first kappa shape index (κ1) is 24.5. The Kier molecular flexibility index (Phi) is 8.00. The van der Waals surface area contributed by atoms with E-state index >= 15 is 0 Å². The molecule has 34 heavy (non-hydrogen) atoms. The Morgan fingerprint density at radius 3 is 2.56 bits per heavy atom. The summed E-state index contributed by atoms with van der Waals surface area (Å²) in [7, 11) is 1.30. The van der Waals surface area contributed by atoms with Crippen LogP contribution in [0.5, 0.6) is 0 Å². The predicted molar refractivity (Wildman–Crippen MR) is 126 cm³/mol. The van der Waals surface area contributed by atoms with E-state index in [9.17, 15) is 20.1 Å². The van der Waals surface area contributed by atoms with Crippen molar-refractivity contribution in [1.82, 2.24) is 9.97 Å². The molecule has 2 heterocycles. The maximum absolute atomic E-state index is 12.7. The van der Waals surface area contributed by atoms with Gasteiger partial charge in [0.15, 0.2) is 10.9 Å². The SMILES string of the molecule is COC(=O)CCc1cccc(CSc2nc(N)c(C#N)c(-c3ccc(NC(C)=O)cc3)n2)[n+]1[O-]. The van der Waals surface area contributed by atoms with Crippen molar-refractivity contribution in [2.75, 3.05) is 18.2 Å². The number of aryl methyl sites for hydroxylation is 1. The zero-order valence-corrected chi connectivity index (χ0v) is 19.4. The van der Waals surface area contributed by atoms with Crippen LogP contribution in [0, 0.1) is 16.5 Å². The van der Waals surface area contributed by atoms with Crippen LogP contribution in [0.2, 0.25) is 0 Å². The van der Waals surface area contributed by atoms with Crippen molar-refractivity contribution < 1.29 is 19.1 Å². The molecular formula is C23H22N6O4S. The summed E-state index contributed by atoms with van der Waals surface area (Å²) in [6, 6.07) is 13.9. The molecule has 0 aliphatic rings. The number of nitriles is 1. The van der Waals surface area contributed by atoms with Gasteiger partial charge in [0.1, 0.15) is 17.5 Å². The molecule has 0 atom stereocenters. The Morgan fingerprint density at radius 1 is 1.21 bits per heavy atom. The molecule has 10 nitrogen and oxygen atoms in total. The molecule has 0 fully saturated rings. The van der Waals surface area contributed by atoms with Crippen LogP contribution in [-0.4, -0.2) is 29.0 Å². The lowest BCUT2D eigenvalue weighted by molar-refractivity contribution is -0.621. The first-order valence-electron chi connectivity index (χ1n) is 10.2. The molecule has 0 saturated carbocycles. The summed E-state index contributed by atoms with van der Waals surface area (Å²) in [4.78, 5) is 31.3. The molecule has 3 aromatic rings. The molecule has 0 bridgehead atoms. The summed E-state index contributed by atoms with van der Waals surface area (Å²) in [5.74, 6) is -0.302. The van der Waals surface area contributed by atoms with Gasteiger partial charge in [-0.15, -0.1) is 0 Å². The van der Waals surface area contributed by atoms with Crippen LogP contribution in [0.3, 0.4) is 0 Å². The number of benzene rings is 1. The minimum absolute atomic E-state index is 0.0303. The van der Waals surface area contributed by atoms with Crippen molar-refractivity contribution in [3.8, 4) is 17.3 Å². The van der Waals surface area contributed by atoms with Gasteiger partial charge in [0.25, 0.3) is 0 Å². The van der Waals surface area contributed by atoms with Crippen molar-refractivity contribution in [3.63, 3.8) is 0 Å². The Hall–Kier alpha value is -4.17. The third-order valence-electron chi connectivity index (χ3n) is 4.77. The van der Waals surface area contributed by atoms with Gasteiger partial charge in [0.05, 0.1) is 25.0 Å². The maximum Gasteiger partial charge on any atom is 0.306 e. The Morgan fingerprint density at radius 2 is 1.91 bits per heavy atom. The number of carbonyl (C=O) groups is 2. The highest BCUT2D eigenvalue weighted by atomic mass is 32.2. The van der Waals surface area contributed by atoms with Crippen LogP contribution in [0.4, 0.5) is 11.5 Å². The van der Waals surface area contributed by atoms with Gasteiger partial charge in [0.2, 0.25) is 11.6 Å². The predicted octanol–water partition coefficient (Wildman–Crippen LogP) is 2.59. The zero-order valence-electron chi connectivity index (χ0n) is 18.6. The van der Waals surface area contributed by atoms with Gasteiger partial charge < -0.3 is 21.0 Å². The summed E-state index contributed by atoms with van der Waals surface area (Å²) in [6.45, 7) is 1.41. The van der Waals surface area contributed by atoms with E-state index in [4.69, 9.17) is 5.73 Å². The second kappa shape index (κ2) is 11.1. The molecule has 0 aliphatic carbocycles. The van der Waals surface area contributed by atoms with Gasteiger partial charge in [-0.1, -0.05) is 23.9 Å². The van der Waals surface area contributed by atoms with Crippen LogP contribution in [0.15, 0.2) is 47.6 Å². The number of nitrogens with two attached hydrogens (primary N) is 1. The number of methoxy groups -OCH3 is 1. The summed E-state index contributed by atoms with van der Waals surface area (Å²) in [5, 5.41) is 25.2. The molecule has 0 unspecified atom stereocenters. The fraction of sp³-hybridized carbons (Fsp3) is 0.217. The number of aromatic nitrogens is 3. The van der Waals surface area contributed by atoms with E-state index in [2.05, 4.69) is 20.0 Å². The number of nitrogens with zero attached hydrogens (tertiary/aromatic N) is 4. The van der Waals surface area contributed by atoms with Gasteiger partial charge in [-0.25, -0.2) is 9.97 Å². The molecular weight excluding hydrogens is 456 g/mol. The fourth-order valence-electron chi connectivity index (χ4n) is 3.11. The van der Waals surface area contributed by atoms with Crippen LogP contribution in [0.25, 0.3) is 11.3 Å². The third-order valence-corrected chi connectivity index (χ3v) is 5.65. The number of carbonyl (C=O) groups excluding carboxylic acids is 2. The lowest BCUT2D eigenvalue weighted by Gasteiger charge is -2.11. The van der Waals surface area contributed by atoms with E-state index in [-0.39, 0.29) is 41.9 Å². The molecule has 0 radical (unpaired) electrons. The number of esters is 1. The van der Waals surface area contributed by atoms with Gasteiger partial charge >= 0.3 is 5.97 Å². The van der Waals surface area contributed by atoms with E-state index in [0.29, 0.717) is 33.5 Å². The van der Waals surface area contributed by atoms with E-state index in [1.807, 2.05) is 6.07 Å². The molecule has 2 aromatic heterocycles. The quantitative estimate of drug-likeness (QED) is 0.163. The lowest BCUT2D eigenvalue weighted by Crippen LogP contribution is -2.36. The maximum atomic E-state index is 12.7. The number of rotatable bonds is 8. The smallest absolute Gasteiger partial charge is 0.306 e. The van der Waals surface area contributed by atoms with Crippen LogP contribution in [0.1, 0.15) is 30.3 Å². The molecule has 1 aromatic carbocycles. The Labute approximate surface area is 200 Å². The Bertz CT molecular complexity index is 1260. The second-order valence-electron chi connectivity index (χ2n) is 7.15. The molecule has 0 saturated heterocycles. The summed E-state index contributed by atoms with van der Waals surface area (Å²) >= 11 is 1.20. The van der Waals surface area contributed by atoms with Gasteiger partial charge in [0, 0.05) is 36.7 Å². The number of thioether (sulfide) groups is 1. The molecule has 1 amide bonds. The van der Waals surface area contributed by atoms with Crippen molar-refractivity contribution in [1.29, 1.82) is 5.26 Å². The number of amides is 1. The second-order valence-corrected chi connectivity index (χ2v) is 8.10. The van der Waals surface area contributed by atoms with E-state index in [0.717, 1.165) is 4.73 Å². The van der Waals surface area contributed by atoms with Crippen LogP contribution in [-0.2, 0) is 26.5 Å². The molecule has 0 aliphatic heterocycles. The average molecular weight is 479 g/mol. The van der Waals surface area contributed by atoms with Crippen molar-refractivity contribution in [2.45, 2.75) is 30.7 Å². The third kappa shape index (κ3) is 5.99. The van der Waals surface area contributed by atoms with Crippen LogP contribution >= 0.6 is 11.8 Å². The number of nitrogens with one attached hydrogen (secondary N) is 1.